The van der Waals surface area contributed by atoms with Gasteiger partial charge in [0, 0.05) is 11.6 Å². The fourth-order valence-electron chi connectivity index (χ4n) is 3.50. The van der Waals surface area contributed by atoms with E-state index in [2.05, 4.69) is 10.6 Å². The summed E-state index contributed by atoms with van der Waals surface area (Å²) < 4.78 is 5.41. The van der Waals surface area contributed by atoms with E-state index in [0.717, 1.165) is 30.6 Å². The average molecular weight is 385 g/mol. The van der Waals surface area contributed by atoms with Crippen LogP contribution < -0.4 is 10.6 Å². The number of amides is 4. The molecule has 2 saturated carbocycles. The molecule has 8 nitrogen and oxygen atoms in total. The lowest BCUT2D eigenvalue weighted by atomic mass is 9.96. The summed E-state index contributed by atoms with van der Waals surface area (Å²) in [7, 11) is 0. The van der Waals surface area contributed by atoms with E-state index >= 15 is 0 Å². The number of carbonyl (C=O) groups excluding carboxylic acids is 4. The second-order valence-corrected chi connectivity index (χ2v) is 7.86. The molecule has 1 aromatic rings. The van der Waals surface area contributed by atoms with Gasteiger partial charge in [-0.2, -0.15) is 0 Å². The largest absolute Gasteiger partial charge is 0.446 e. The zero-order valence-corrected chi connectivity index (χ0v) is 15.6. The molecule has 1 saturated heterocycles. The van der Waals surface area contributed by atoms with E-state index in [1.807, 2.05) is 0 Å². The van der Waals surface area contributed by atoms with Gasteiger partial charge in [-0.1, -0.05) is 30.3 Å². The Labute approximate surface area is 162 Å². The van der Waals surface area contributed by atoms with Gasteiger partial charge in [0.25, 0.3) is 11.8 Å². The molecule has 1 heterocycles. The summed E-state index contributed by atoms with van der Waals surface area (Å²) in [6.07, 6.45) is 2.44. The van der Waals surface area contributed by atoms with Crippen LogP contribution in [0.4, 0.5) is 4.79 Å². The minimum atomic E-state index is -1.12. The quantitative estimate of drug-likeness (QED) is 0.543. The normalized spacial score (nSPS) is 25.2. The third-order valence-corrected chi connectivity index (χ3v) is 5.50. The number of esters is 1. The second-order valence-electron chi connectivity index (χ2n) is 7.86. The monoisotopic (exact) mass is 385 g/mol. The van der Waals surface area contributed by atoms with E-state index in [4.69, 9.17) is 4.74 Å². The van der Waals surface area contributed by atoms with Crippen molar-refractivity contribution >= 4 is 23.8 Å². The van der Waals surface area contributed by atoms with Crippen molar-refractivity contribution in [3.63, 3.8) is 0 Å². The number of nitrogens with one attached hydrogen (secondary N) is 2. The third kappa shape index (κ3) is 3.58. The highest BCUT2D eigenvalue weighted by Gasteiger charge is 2.56. The zero-order chi connectivity index (χ0) is 19.9. The van der Waals surface area contributed by atoms with E-state index < -0.39 is 42.0 Å². The lowest BCUT2D eigenvalue weighted by Gasteiger charge is -2.21. The number of hydrogen-bond donors (Lipinski definition) is 2. The summed E-state index contributed by atoms with van der Waals surface area (Å²) in [4.78, 5) is 50.8. The van der Waals surface area contributed by atoms with Crippen LogP contribution in [-0.2, 0) is 19.1 Å². The molecule has 4 amide bonds. The molecule has 0 aromatic heterocycles. The number of ether oxygens (including phenoxy) is 1. The summed E-state index contributed by atoms with van der Waals surface area (Å²) in [6, 6.07) is 8.20. The molecule has 3 fully saturated rings. The van der Waals surface area contributed by atoms with Crippen LogP contribution in [0.1, 0.15) is 44.3 Å². The number of carbonyl (C=O) groups is 4. The van der Waals surface area contributed by atoms with Crippen molar-refractivity contribution < 1.29 is 23.9 Å². The molecule has 0 radical (unpaired) electrons. The Hall–Kier alpha value is -2.90. The van der Waals surface area contributed by atoms with Crippen LogP contribution in [0.15, 0.2) is 30.3 Å². The van der Waals surface area contributed by atoms with Gasteiger partial charge in [-0.05, 0) is 38.5 Å². The number of imide groups is 1. The van der Waals surface area contributed by atoms with Crippen LogP contribution in [0.5, 0.6) is 0 Å². The molecule has 0 unspecified atom stereocenters. The van der Waals surface area contributed by atoms with Crippen molar-refractivity contribution in [3.05, 3.63) is 35.9 Å². The Balaban J connectivity index is 1.44. The topological polar surface area (TPSA) is 105 Å². The van der Waals surface area contributed by atoms with E-state index in [-0.39, 0.29) is 12.0 Å². The highest BCUT2D eigenvalue weighted by molar-refractivity contribution is 6.09. The molecule has 1 aromatic carbocycles. The molecule has 2 aliphatic carbocycles. The molecule has 3 aliphatic rings. The first kappa shape index (κ1) is 18.5. The van der Waals surface area contributed by atoms with Gasteiger partial charge in [0.2, 0.25) is 6.10 Å². The molecule has 0 spiro atoms. The third-order valence-electron chi connectivity index (χ3n) is 5.50. The molecule has 0 bridgehead atoms. The van der Waals surface area contributed by atoms with Gasteiger partial charge in [-0.25, -0.2) is 4.79 Å². The molecular weight excluding hydrogens is 362 g/mol. The molecule has 1 aliphatic heterocycles. The van der Waals surface area contributed by atoms with Gasteiger partial charge < -0.3 is 15.4 Å². The number of benzene rings is 1. The van der Waals surface area contributed by atoms with Gasteiger partial charge in [0.1, 0.15) is 12.1 Å². The smallest absolute Gasteiger partial charge is 0.327 e. The minimum absolute atomic E-state index is 0.103. The maximum Gasteiger partial charge on any atom is 0.327 e. The minimum Gasteiger partial charge on any atom is -0.446 e. The van der Waals surface area contributed by atoms with Crippen molar-refractivity contribution in [3.8, 4) is 0 Å². The summed E-state index contributed by atoms with van der Waals surface area (Å²) in [6.45, 7) is 1.17. The maximum atomic E-state index is 12.7. The van der Waals surface area contributed by atoms with E-state index in [9.17, 15) is 19.2 Å². The van der Waals surface area contributed by atoms with Gasteiger partial charge in [0.05, 0.1) is 0 Å². The van der Waals surface area contributed by atoms with Gasteiger partial charge >= 0.3 is 12.0 Å². The van der Waals surface area contributed by atoms with Crippen molar-refractivity contribution in [2.45, 2.75) is 50.3 Å². The zero-order valence-electron chi connectivity index (χ0n) is 15.6. The van der Waals surface area contributed by atoms with Crippen molar-refractivity contribution in [1.29, 1.82) is 0 Å². The van der Waals surface area contributed by atoms with Crippen LogP contribution in [0.3, 0.4) is 0 Å². The van der Waals surface area contributed by atoms with Crippen LogP contribution >= 0.6 is 0 Å². The van der Waals surface area contributed by atoms with Gasteiger partial charge in [0.15, 0.2) is 0 Å². The first-order chi connectivity index (χ1) is 13.4. The van der Waals surface area contributed by atoms with E-state index in [0.29, 0.717) is 5.56 Å². The first-order valence-corrected chi connectivity index (χ1v) is 9.57. The van der Waals surface area contributed by atoms with Crippen LogP contribution in [-0.4, -0.2) is 46.8 Å². The molecule has 8 heteroatoms. The number of rotatable bonds is 7. The summed E-state index contributed by atoms with van der Waals surface area (Å²) in [5.74, 6) is -1.52. The van der Waals surface area contributed by atoms with E-state index in [1.54, 1.807) is 37.3 Å². The Morgan fingerprint density at radius 2 is 1.89 bits per heavy atom. The molecule has 148 valence electrons. The van der Waals surface area contributed by atoms with Crippen LogP contribution in [0, 0.1) is 5.92 Å². The Morgan fingerprint density at radius 3 is 2.50 bits per heavy atom. The highest BCUT2D eigenvalue weighted by atomic mass is 16.5. The molecular formula is C20H23N3O5. The number of hydrogen-bond acceptors (Lipinski definition) is 5. The number of urea groups is 1. The summed E-state index contributed by atoms with van der Waals surface area (Å²) >= 11 is 0. The maximum absolute atomic E-state index is 12.7. The standard InChI is InChI=1S/C20H23N3O5/c1-20(13-7-8-13)18(26)23(19(27)22-20)11-15(24)28-16(12-5-3-2-4-6-12)17(25)21-14-9-10-14/h2-6,13-14,16H,7-11H2,1H3,(H,21,25)(H,22,27)/t16-,20-/m1/s1. The highest BCUT2D eigenvalue weighted by Crippen LogP contribution is 2.42. The van der Waals surface area contributed by atoms with Gasteiger partial charge in [-0.15, -0.1) is 0 Å². The van der Waals surface area contributed by atoms with E-state index in [1.165, 1.54) is 0 Å². The van der Waals surface area contributed by atoms with Gasteiger partial charge in [-0.3, -0.25) is 19.3 Å². The summed E-state index contributed by atoms with van der Waals surface area (Å²) in [5.41, 5.74) is -0.423. The fourth-order valence-corrected chi connectivity index (χ4v) is 3.50. The molecule has 4 rings (SSSR count). The van der Waals surface area contributed by atoms with Crippen molar-refractivity contribution in [2.24, 2.45) is 5.92 Å². The van der Waals surface area contributed by atoms with Crippen molar-refractivity contribution in [1.82, 2.24) is 15.5 Å². The lowest BCUT2D eigenvalue weighted by Crippen LogP contribution is -2.46. The average Bonchev–Trinajstić information content (AvgIpc) is 3.57. The SMILES string of the molecule is C[C@]1(C2CC2)NC(=O)N(CC(=O)O[C@@H](C(=O)NC2CC2)c2ccccc2)C1=O. The first-order valence-electron chi connectivity index (χ1n) is 9.57. The summed E-state index contributed by atoms with van der Waals surface area (Å²) in [5, 5.41) is 5.52. The molecule has 2 atom stereocenters. The molecule has 28 heavy (non-hydrogen) atoms. The van der Waals surface area contributed by atoms with Crippen LogP contribution in [0.2, 0.25) is 0 Å². The van der Waals surface area contributed by atoms with Crippen molar-refractivity contribution in [2.75, 3.05) is 6.54 Å². The fraction of sp³-hybridized carbons (Fsp3) is 0.500. The predicted molar refractivity (Wildman–Crippen MR) is 97.8 cm³/mol. The lowest BCUT2D eigenvalue weighted by molar-refractivity contribution is -0.158. The van der Waals surface area contributed by atoms with Crippen LogP contribution in [0.25, 0.3) is 0 Å². The Kier molecular flexibility index (Phi) is 4.56. The second kappa shape index (κ2) is 6.92. The molecule has 2 N–H and O–H groups in total. The predicted octanol–water partition coefficient (Wildman–Crippen LogP) is 1.27. The Morgan fingerprint density at radius 1 is 1.21 bits per heavy atom. The number of nitrogens with zero attached hydrogens (tertiary/aromatic N) is 1. The Bertz CT molecular complexity index is 818.